The molecule has 1 fully saturated rings. The molecule has 1 saturated carbocycles. The van der Waals surface area contributed by atoms with Crippen molar-refractivity contribution in [2.24, 2.45) is 11.7 Å². The number of sulfone groups is 1. The molecule has 0 spiro atoms. The van der Waals surface area contributed by atoms with E-state index in [9.17, 15) is 26.4 Å². The van der Waals surface area contributed by atoms with Crippen molar-refractivity contribution in [1.82, 2.24) is 4.57 Å². The van der Waals surface area contributed by atoms with Crippen molar-refractivity contribution in [2.75, 3.05) is 11.6 Å². The molecule has 42 heavy (non-hydrogen) atoms. The van der Waals surface area contributed by atoms with E-state index in [1.165, 1.54) is 71.0 Å². The third-order valence-corrected chi connectivity index (χ3v) is 9.24. The predicted molar refractivity (Wildman–Crippen MR) is 164 cm³/mol. The average Bonchev–Trinajstić information content (AvgIpc) is 3.12. The number of aromatic nitrogens is 1. The fourth-order valence-electron chi connectivity index (χ4n) is 6.16. The number of hydrogen-bond donors (Lipinski definition) is 2. The Morgan fingerprint density at radius 3 is 2.33 bits per heavy atom. The maximum absolute atomic E-state index is 12.6. The van der Waals surface area contributed by atoms with Gasteiger partial charge in [-0.1, -0.05) is 56.2 Å². The highest BCUT2D eigenvalue weighted by atomic mass is 32.2. The Labute approximate surface area is 245 Å². The van der Waals surface area contributed by atoms with Gasteiger partial charge in [-0.15, -0.1) is 0 Å². The van der Waals surface area contributed by atoms with E-state index in [1.54, 1.807) is 6.20 Å². The number of carbonyl (C=O) groups excluding carboxylic acids is 1. The molecule has 6 nitrogen and oxygen atoms in total. The molecule has 1 aliphatic heterocycles. The van der Waals surface area contributed by atoms with Crippen molar-refractivity contribution < 1.29 is 26.4 Å². The van der Waals surface area contributed by atoms with Crippen molar-refractivity contribution >= 4 is 37.9 Å². The summed E-state index contributed by atoms with van der Waals surface area (Å²) in [4.78, 5) is 12.6. The van der Waals surface area contributed by atoms with Crippen LogP contribution in [0.15, 0.2) is 49.7 Å². The first-order chi connectivity index (χ1) is 19.7. The summed E-state index contributed by atoms with van der Waals surface area (Å²) in [6, 6.07) is 11.1. The maximum Gasteiger partial charge on any atom is 0.497 e. The molecule has 5 rings (SSSR count). The van der Waals surface area contributed by atoms with Gasteiger partial charge in [0.2, 0.25) is 15.7 Å². The number of rotatable bonds is 5. The van der Waals surface area contributed by atoms with E-state index in [0.29, 0.717) is 18.9 Å². The van der Waals surface area contributed by atoms with Gasteiger partial charge >= 0.3 is 5.51 Å². The third kappa shape index (κ3) is 6.14. The van der Waals surface area contributed by atoms with E-state index >= 15 is 0 Å². The fourth-order valence-corrected chi connectivity index (χ4v) is 6.16. The van der Waals surface area contributed by atoms with Gasteiger partial charge in [0.05, 0.1) is 11.6 Å². The second-order valence-electron chi connectivity index (χ2n) is 11.4. The van der Waals surface area contributed by atoms with Crippen LogP contribution in [0.5, 0.6) is 0 Å². The van der Waals surface area contributed by atoms with Crippen LogP contribution in [-0.2, 0) is 27.6 Å². The molecule has 0 bridgehead atoms. The van der Waals surface area contributed by atoms with Gasteiger partial charge in [0.1, 0.15) is 0 Å². The minimum atomic E-state index is -5.09. The van der Waals surface area contributed by atoms with Crippen LogP contribution in [-0.4, -0.2) is 30.7 Å². The number of nitrogens with zero attached hydrogens (tertiary/aromatic N) is 1. The summed E-state index contributed by atoms with van der Waals surface area (Å²) in [7, 11) is -4.84. The standard InChI is InChI=1S/C30H35N3O.C2H3F3O2S/c1-5-32-26-14-13-23-25(19(26)4)15-22(30(31)34)17-33-27-16-21(18(2)3)11-12-24(27)28(29(23)33)20-9-7-6-8-10-20;1-8(6,7)2(3,4)5/h5,11-14,16,20,22,32H,1-2,6-10,15,17H2,3-4H3,(H2,31,34);1H3. The van der Waals surface area contributed by atoms with Crippen molar-refractivity contribution in [3.63, 3.8) is 0 Å². The van der Waals surface area contributed by atoms with E-state index in [1.807, 2.05) is 0 Å². The lowest BCUT2D eigenvalue weighted by Gasteiger charge is -2.24. The lowest BCUT2D eigenvalue weighted by atomic mass is 9.80. The van der Waals surface area contributed by atoms with Crippen molar-refractivity contribution in [3.05, 3.63) is 71.9 Å². The Bertz CT molecular complexity index is 1650. The highest BCUT2D eigenvalue weighted by Gasteiger charge is 2.41. The molecule has 1 unspecified atom stereocenters. The maximum atomic E-state index is 12.6. The zero-order chi connectivity index (χ0) is 31.0. The summed E-state index contributed by atoms with van der Waals surface area (Å²) < 4.78 is 54.4. The van der Waals surface area contributed by atoms with Crippen molar-refractivity contribution in [1.29, 1.82) is 0 Å². The monoisotopic (exact) mass is 601 g/mol. The molecule has 2 aromatic carbocycles. The predicted octanol–water partition coefficient (Wildman–Crippen LogP) is 7.46. The van der Waals surface area contributed by atoms with Crippen molar-refractivity contribution in [3.8, 4) is 11.3 Å². The Morgan fingerprint density at radius 2 is 1.79 bits per heavy atom. The topological polar surface area (TPSA) is 94.2 Å². The quantitative estimate of drug-likeness (QED) is 0.317. The van der Waals surface area contributed by atoms with E-state index in [4.69, 9.17) is 5.73 Å². The second kappa shape index (κ2) is 12.0. The molecule has 1 amide bonds. The average molecular weight is 602 g/mol. The van der Waals surface area contributed by atoms with E-state index in [2.05, 4.69) is 67.2 Å². The number of nitrogens with two attached hydrogens (primary N) is 1. The number of nitrogens with one attached hydrogen (secondary N) is 1. The first kappa shape index (κ1) is 31.4. The van der Waals surface area contributed by atoms with Gasteiger partial charge in [-0.05, 0) is 79.6 Å². The highest BCUT2D eigenvalue weighted by molar-refractivity contribution is 7.91. The van der Waals surface area contributed by atoms with Crippen LogP contribution in [0, 0.1) is 12.8 Å². The molecular formula is C32H38F3N3O3S. The normalized spacial score (nSPS) is 17.3. The first-order valence-corrected chi connectivity index (χ1v) is 15.9. The molecule has 10 heteroatoms. The molecule has 3 N–H and O–H groups in total. The number of amides is 1. The van der Waals surface area contributed by atoms with Gasteiger partial charge in [0.25, 0.3) is 0 Å². The van der Waals surface area contributed by atoms with E-state index in [-0.39, 0.29) is 18.1 Å². The SMILES string of the molecule is C=CNc1ccc2c(c1C)CC(C(N)=O)Cn1c-2c(C2CCCCC2)c2ccc(C(=C)C)cc21.CS(=O)(=O)C(F)(F)F. The van der Waals surface area contributed by atoms with Crippen LogP contribution in [0.1, 0.15) is 67.2 Å². The number of fused-ring (bicyclic) bond motifs is 5. The van der Waals surface area contributed by atoms with Gasteiger partial charge < -0.3 is 15.6 Å². The van der Waals surface area contributed by atoms with Crippen LogP contribution >= 0.6 is 0 Å². The van der Waals surface area contributed by atoms with Gasteiger partial charge in [-0.2, -0.15) is 13.2 Å². The smallest absolute Gasteiger partial charge is 0.369 e. The van der Waals surface area contributed by atoms with Gasteiger partial charge in [0.15, 0.2) is 0 Å². The van der Waals surface area contributed by atoms with E-state index in [0.717, 1.165) is 16.8 Å². The number of benzene rings is 2. The largest absolute Gasteiger partial charge is 0.497 e. The molecule has 1 aromatic heterocycles. The zero-order valence-corrected chi connectivity index (χ0v) is 25.1. The molecule has 226 valence electrons. The summed E-state index contributed by atoms with van der Waals surface area (Å²) in [5, 5.41) is 4.58. The molecule has 1 atom stereocenters. The molecular weight excluding hydrogens is 563 g/mol. The number of carbonyl (C=O) groups is 1. The lowest BCUT2D eigenvalue weighted by molar-refractivity contribution is -0.122. The van der Waals surface area contributed by atoms with Crippen LogP contribution in [0.3, 0.4) is 0 Å². The van der Waals surface area contributed by atoms with Gasteiger partial charge in [0, 0.05) is 35.0 Å². The molecule has 0 saturated heterocycles. The number of anilines is 1. The molecule has 0 radical (unpaired) electrons. The summed E-state index contributed by atoms with van der Waals surface area (Å²) in [6.45, 7) is 12.8. The molecule has 1 aliphatic carbocycles. The highest BCUT2D eigenvalue weighted by Crippen LogP contribution is 2.48. The lowest BCUT2D eigenvalue weighted by Crippen LogP contribution is -2.28. The number of hydrogen-bond acceptors (Lipinski definition) is 4. The van der Waals surface area contributed by atoms with Crippen LogP contribution in [0.4, 0.5) is 18.9 Å². The summed E-state index contributed by atoms with van der Waals surface area (Å²) in [5.74, 6) is 0.0332. The minimum Gasteiger partial charge on any atom is -0.369 e. The first-order valence-electron chi connectivity index (χ1n) is 14.0. The third-order valence-electron chi connectivity index (χ3n) is 8.40. The zero-order valence-electron chi connectivity index (χ0n) is 24.3. The second-order valence-corrected chi connectivity index (χ2v) is 13.4. The molecule has 2 heterocycles. The number of allylic oxidation sites excluding steroid dienone is 1. The van der Waals surface area contributed by atoms with Gasteiger partial charge in [-0.3, -0.25) is 4.79 Å². The Morgan fingerprint density at radius 1 is 1.14 bits per heavy atom. The van der Waals surface area contributed by atoms with Crippen molar-refractivity contribution in [2.45, 2.75) is 70.3 Å². The number of primary amides is 1. The van der Waals surface area contributed by atoms with Crippen LogP contribution in [0.25, 0.3) is 27.7 Å². The summed E-state index contributed by atoms with van der Waals surface area (Å²) >= 11 is 0. The fraction of sp³-hybridized carbons (Fsp3) is 0.406. The summed E-state index contributed by atoms with van der Waals surface area (Å²) in [5.41, 5.74) is 11.7. The van der Waals surface area contributed by atoms with Crippen LogP contribution < -0.4 is 11.1 Å². The molecule has 2 aliphatic rings. The minimum absolute atomic E-state index is 0.118. The van der Waals surface area contributed by atoms with Crippen LogP contribution in [0.2, 0.25) is 0 Å². The van der Waals surface area contributed by atoms with E-state index < -0.39 is 15.3 Å². The Balaban J connectivity index is 0.000000446. The van der Waals surface area contributed by atoms with Gasteiger partial charge in [-0.25, -0.2) is 8.42 Å². The Hall–Kier alpha value is -3.53. The number of alkyl halides is 3. The molecule has 3 aromatic rings. The number of halogens is 3. The summed E-state index contributed by atoms with van der Waals surface area (Å²) in [6.07, 6.45) is 8.79. The Kier molecular flexibility index (Phi) is 8.97.